The average Bonchev–Trinajstić information content (AvgIpc) is 3.15. The lowest BCUT2D eigenvalue weighted by molar-refractivity contribution is 0.892. The largest absolute Gasteiger partial charge is 0.232 e. The third kappa shape index (κ3) is 2.93. The Morgan fingerprint density at radius 3 is 2.12 bits per heavy atom. The van der Waals surface area contributed by atoms with Crippen molar-refractivity contribution in [1.29, 1.82) is 5.26 Å². The smallest absolute Gasteiger partial charge is 0.0991 e. The van der Waals surface area contributed by atoms with Crippen LogP contribution in [0.5, 0.6) is 0 Å². The quantitative estimate of drug-likeness (QED) is 0.528. The van der Waals surface area contributed by atoms with E-state index in [1.54, 1.807) is 6.07 Å². The van der Waals surface area contributed by atoms with Crippen LogP contribution < -0.4 is 0 Å². The molecule has 0 aliphatic carbocycles. The number of rotatable bonds is 3. The van der Waals surface area contributed by atoms with E-state index in [2.05, 4.69) is 24.3 Å². The number of benzene rings is 3. The SMILES string of the molecule is N#Cc1cccc(-c2cc(-c3ccccc3)n(-c3ccccc3)n2)c1. The van der Waals surface area contributed by atoms with Crippen LogP contribution in [0.15, 0.2) is 91.0 Å². The Labute approximate surface area is 146 Å². The minimum Gasteiger partial charge on any atom is -0.232 e. The molecule has 1 aromatic heterocycles. The molecule has 1 heterocycles. The molecule has 4 aromatic rings. The molecule has 0 N–H and O–H groups in total. The lowest BCUT2D eigenvalue weighted by Gasteiger charge is -2.07. The molecule has 3 nitrogen and oxygen atoms in total. The topological polar surface area (TPSA) is 41.6 Å². The Bertz CT molecular complexity index is 985. The molecule has 0 bridgehead atoms. The van der Waals surface area contributed by atoms with E-state index in [0.717, 1.165) is 28.2 Å². The molecular formula is C22H15N3. The Balaban J connectivity index is 1.91. The molecule has 0 saturated heterocycles. The summed E-state index contributed by atoms with van der Waals surface area (Å²) in [5, 5.41) is 14.0. The fraction of sp³-hybridized carbons (Fsp3) is 0. The first-order chi connectivity index (χ1) is 12.3. The molecule has 4 rings (SSSR count). The van der Waals surface area contributed by atoms with Gasteiger partial charge in [0.25, 0.3) is 0 Å². The van der Waals surface area contributed by atoms with Crippen LogP contribution in [0.2, 0.25) is 0 Å². The van der Waals surface area contributed by atoms with Crippen LogP contribution in [-0.2, 0) is 0 Å². The summed E-state index contributed by atoms with van der Waals surface area (Å²) in [5.41, 5.74) is 5.54. The van der Waals surface area contributed by atoms with E-state index in [1.165, 1.54) is 0 Å². The zero-order valence-electron chi connectivity index (χ0n) is 13.5. The monoisotopic (exact) mass is 321 g/mol. The predicted molar refractivity (Wildman–Crippen MR) is 99.2 cm³/mol. The second-order valence-corrected chi connectivity index (χ2v) is 5.72. The lowest BCUT2D eigenvalue weighted by atomic mass is 10.1. The summed E-state index contributed by atoms with van der Waals surface area (Å²) >= 11 is 0. The predicted octanol–water partition coefficient (Wildman–Crippen LogP) is 5.08. The fourth-order valence-electron chi connectivity index (χ4n) is 2.85. The van der Waals surface area contributed by atoms with E-state index >= 15 is 0 Å². The molecule has 0 fully saturated rings. The van der Waals surface area contributed by atoms with Crippen molar-refractivity contribution in [3.05, 3.63) is 96.6 Å². The Kier molecular flexibility index (Phi) is 3.86. The van der Waals surface area contributed by atoms with Crippen molar-refractivity contribution in [2.75, 3.05) is 0 Å². The van der Waals surface area contributed by atoms with Gasteiger partial charge in [-0.05, 0) is 30.3 Å². The maximum atomic E-state index is 9.15. The highest BCUT2D eigenvalue weighted by Crippen LogP contribution is 2.28. The van der Waals surface area contributed by atoms with Crippen LogP contribution in [0, 0.1) is 11.3 Å². The van der Waals surface area contributed by atoms with Gasteiger partial charge in [-0.1, -0.05) is 60.7 Å². The van der Waals surface area contributed by atoms with Crippen LogP contribution in [0.3, 0.4) is 0 Å². The summed E-state index contributed by atoms with van der Waals surface area (Å²) in [7, 11) is 0. The summed E-state index contributed by atoms with van der Waals surface area (Å²) < 4.78 is 1.95. The van der Waals surface area contributed by atoms with Crippen LogP contribution in [0.4, 0.5) is 0 Å². The number of para-hydroxylation sites is 1. The van der Waals surface area contributed by atoms with Gasteiger partial charge in [-0.3, -0.25) is 0 Å². The van der Waals surface area contributed by atoms with E-state index in [1.807, 2.05) is 71.4 Å². The minimum atomic E-state index is 0.632. The Hall–Kier alpha value is -3.64. The fourth-order valence-corrected chi connectivity index (χ4v) is 2.85. The molecule has 3 aromatic carbocycles. The van der Waals surface area contributed by atoms with Gasteiger partial charge >= 0.3 is 0 Å². The number of hydrogen-bond donors (Lipinski definition) is 0. The molecule has 0 amide bonds. The van der Waals surface area contributed by atoms with E-state index in [0.29, 0.717) is 5.56 Å². The Morgan fingerprint density at radius 2 is 1.40 bits per heavy atom. The third-order valence-corrected chi connectivity index (χ3v) is 4.07. The second-order valence-electron chi connectivity index (χ2n) is 5.72. The standard InChI is InChI=1S/C22H15N3/c23-16-17-8-7-11-19(14-17)21-15-22(18-9-3-1-4-10-18)25(24-21)20-12-5-2-6-13-20/h1-15H. The molecular weight excluding hydrogens is 306 g/mol. The van der Waals surface area contributed by atoms with E-state index in [4.69, 9.17) is 10.4 Å². The van der Waals surface area contributed by atoms with Gasteiger partial charge in [0.2, 0.25) is 0 Å². The summed E-state index contributed by atoms with van der Waals surface area (Å²) in [4.78, 5) is 0. The maximum absolute atomic E-state index is 9.15. The first-order valence-corrected chi connectivity index (χ1v) is 8.06. The molecule has 3 heteroatoms. The molecule has 0 spiro atoms. The van der Waals surface area contributed by atoms with Crippen LogP contribution >= 0.6 is 0 Å². The van der Waals surface area contributed by atoms with Crippen molar-refractivity contribution < 1.29 is 0 Å². The van der Waals surface area contributed by atoms with Crippen molar-refractivity contribution in [1.82, 2.24) is 9.78 Å². The molecule has 0 aliphatic rings. The molecule has 25 heavy (non-hydrogen) atoms. The van der Waals surface area contributed by atoms with Crippen LogP contribution in [0.25, 0.3) is 28.2 Å². The van der Waals surface area contributed by atoms with E-state index in [9.17, 15) is 0 Å². The number of nitriles is 1. The molecule has 0 unspecified atom stereocenters. The summed E-state index contributed by atoms with van der Waals surface area (Å²) in [5.74, 6) is 0. The minimum absolute atomic E-state index is 0.632. The zero-order chi connectivity index (χ0) is 17.1. The van der Waals surface area contributed by atoms with Crippen LogP contribution in [0.1, 0.15) is 5.56 Å². The van der Waals surface area contributed by atoms with Gasteiger partial charge < -0.3 is 0 Å². The van der Waals surface area contributed by atoms with Gasteiger partial charge in [0.1, 0.15) is 0 Å². The van der Waals surface area contributed by atoms with Crippen molar-refractivity contribution in [3.63, 3.8) is 0 Å². The van der Waals surface area contributed by atoms with E-state index < -0.39 is 0 Å². The highest BCUT2D eigenvalue weighted by Gasteiger charge is 2.13. The van der Waals surface area contributed by atoms with Crippen molar-refractivity contribution >= 4 is 0 Å². The van der Waals surface area contributed by atoms with Crippen molar-refractivity contribution in [2.45, 2.75) is 0 Å². The van der Waals surface area contributed by atoms with Gasteiger partial charge in [0.15, 0.2) is 0 Å². The molecule has 0 aliphatic heterocycles. The summed E-state index contributed by atoms with van der Waals surface area (Å²) in [6.07, 6.45) is 0. The van der Waals surface area contributed by atoms with Crippen molar-refractivity contribution in [2.24, 2.45) is 0 Å². The van der Waals surface area contributed by atoms with Gasteiger partial charge in [0.05, 0.1) is 28.7 Å². The highest BCUT2D eigenvalue weighted by molar-refractivity contribution is 5.71. The van der Waals surface area contributed by atoms with Gasteiger partial charge in [-0.15, -0.1) is 0 Å². The van der Waals surface area contributed by atoms with Crippen LogP contribution in [-0.4, -0.2) is 9.78 Å². The zero-order valence-corrected chi connectivity index (χ0v) is 13.5. The third-order valence-electron chi connectivity index (χ3n) is 4.07. The number of nitrogens with zero attached hydrogens (tertiary/aromatic N) is 3. The first-order valence-electron chi connectivity index (χ1n) is 8.06. The summed E-state index contributed by atoms with van der Waals surface area (Å²) in [6, 6.07) is 32.1. The maximum Gasteiger partial charge on any atom is 0.0991 e. The highest BCUT2D eigenvalue weighted by atomic mass is 15.3. The van der Waals surface area contributed by atoms with Gasteiger partial charge in [-0.25, -0.2) is 4.68 Å². The first kappa shape index (κ1) is 14.9. The molecule has 0 radical (unpaired) electrons. The average molecular weight is 321 g/mol. The number of aromatic nitrogens is 2. The molecule has 118 valence electrons. The second kappa shape index (κ2) is 6.46. The summed E-state index contributed by atoms with van der Waals surface area (Å²) in [6.45, 7) is 0. The van der Waals surface area contributed by atoms with Gasteiger partial charge in [-0.2, -0.15) is 10.4 Å². The van der Waals surface area contributed by atoms with E-state index in [-0.39, 0.29) is 0 Å². The molecule has 0 saturated carbocycles. The Morgan fingerprint density at radius 1 is 0.720 bits per heavy atom. The van der Waals surface area contributed by atoms with Gasteiger partial charge in [0, 0.05) is 11.1 Å². The normalized spacial score (nSPS) is 10.4. The van der Waals surface area contributed by atoms with Crippen molar-refractivity contribution in [3.8, 4) is 34.3 Å². The lowest BCUT2D eigenvalue weighted by Crippen LogP contribution is -1.98. The number of hydrogen-bond acceptors (Lipinski definition) is 2. The molecule has 0 atom stereocenters.